The first-order valence-corrected chi connectivity index (χ1v) is 7.10. The summed E-state index contributed by atoms with van der Waals surface area (Å²) in [6, 6.07) is 4.06. The highest BCUT2D eigenvalue weighted by molar-refractivity contribution is 5.74. The molecule has 1 aromatic heterocycles. The van der Waals surface area contributed by atoms with E-state index in [-0.39, 0.29) is 6.03 Å². The molecule has 4 nitrogen and oxygen atoms in total. The van der Waals surface area contributed by atoms with Gasteiger partial charge in [-0.05, 0) is 29.9 Å². The van der Waals surface area contributed by atoms with Gasteiger partial charge >= 0.3 is 6.03 Å². The molecule has 0 radical (unpaired) electrons. The average Bonchev–Trinajstić information content (AvgIpc) is 2.43. The van der Waals surface area contributed by atoms with E-state index in [1.807, 2.05) is 12.1 Å². The Hall–Kier alpha value is -1.58. The minimum absolute atomic E-state index is 0.0743. The van der Waals surface area contributed by atoms with Crippen LogP contribution in [0.5, 0.6) is 0 Å². The third kappa shape index (κ3) is 3.94. The van der Waals surface area contributed by atoms with E-state index < -0.39 is 0 Å². The van der Waals surface area contributed by atoms with Gasteiger partial charge in [-0.1, -0.05) is 32.8 Å². The quantitative estimate of drug-likeness (QED) is 0.879. The van der Waals surface area contributed by atoms with Gasteiger partial charge in [-0.15, -0.1) is 0 Å². The van der Waals surface area contributed by atoms with Crippen LogP contribution < -0.4 is 10.6 Å². The van der Waals surface area contributed by atoms with E-state index in [4.69, 9.17) is 0 Å². The zero-order valence-corrected chi connectivity index (χ0v) is 11.7. The topological polar surface area (TPSA) is 54.0 Å². The molecule has 3 atom stereocenters. The predicted octanol–water partition coefficient (Wildman–Crippen LogP) is 2.71. The lowest BCUT2D eigenvalue weighted by Gasteiger charge is -2.34. The van der Waals surface area contributed by atoms with Crippen molar-refractivity contribution in [1.82, 2.24) is 15.6 Å². The molecule has 0 spiro atoms. The van der Waals surface area contributed by atoms with E-state index in [0.717, 1.165) is 12.0 Å². The van der Waals surface area contributed by atoms with Gasteiger partial charge in [-0.25, -0.2) is 4.79 Å². The molecular weight excluding hydrogens is 238 g/mol. The van der Waals surface area contributed by atoms with Crippen LogP contribution >= 0.6 is 0 Å². The van der Waals surface area contributed by atoms with Crippen LogP contribution in [0.1, 0.15) is 38.7 Å². The number of rotatable bonds is 3. The molecule has 0 aromatic carbocycles. The summed E-state index contributed by atoms with van der Waals surface area (Å²) in [6.45, 7) is 5.03. The lowest BCUT2D eigenvalue weighted by Crippen LogP contribution is -2.47. The Morgan fingerprint density at radius 1 is 1.42 bits per heavy atom. The van der Waals surface area contributed by atoms with E-state index >= 15 is 0 Å². The molecule has 2 N–H and O–H groups in total. The summed E-state index contributed by atoms with van der Waals surface area (Å²) in [5.74, 6) is 1.25. The van der Waals surface area contributed by atoms with Crippen LogP contribution in [-0.4, -0.2) is 17.1 Å². The third-order valence-corrected chi connectivity index (χ3v) is 4.20. The molecule has 1 saturated carbocycles. The largest absolute Gasteiger partial charge is 0.335 e. The second-order valence-electron chi connectivity index (χ2n) is 5.56. The van der Waals surface area contributed by atoms with Crippen LogP contribution in [0, 0.1) is 11.8 Å². The fraction of sp³-hybridized carbons (Fsp3) is 0.600. The Kier molecular flexibility index (Phi) is 4.77. The standard InChI is InChI=1S/C15H23N3O/c1-11-5-3-7-14(12(11)2)18-15(19)17-10-13-6-4-8-16-9-13/h4,6,8-9,11-12,14H,3,5,7,10H2,1-2H3,(H2,17,18,19). The van der Waals surface area contributed by atoms with Crippen molar-refractivity contribution in [3.63, 3.8) is 0 Å². The molecule has 1 aliphatic rings. The maximum atomic E-state index is 11.9. The molecule has 3 unspecified atom stereocenters. The minimum atomic E-state index is -0.0743. The molecule has 19 heavy (non-hydrogen) atoms. The first-order valence-electron chi connectivity index (χ1n) is 7.10. The summed E-state index contributed by atoms with van der Waals surface area (Å²) in [6.07, 6.45) is 7.07. The predicted molar refractivity (Wildman–Crippen MR) is 75.6 cm³/mol. The fourth-order valence-electron chi connectivity index (χ4n) is 2.69. The zero-order chi connectivity index (χ0) is 13.7. The van der Waals surface area contributed by atoms with Gasteiger partial charge in [0, 0.05) is 25.0 Å². The highest BCUT2D eigenvalue weighted by Gasteiger charge is 2.27. The normalized spacial score (nSPS) is 26.7. The summed E-state index contributed by atoms with van der Waals surface area (Å²) in [4.78, 5) is 15.9. The van der Waals surface area contributed by atoms with Crippen LogP contribution in [0.4, 0.5) is 4.79 Å². The van der Waals surface area contributed by atoms with Gasteiger partial charge in [0.05, 0.1) is 0 Å². The van der Waals surface area contributed by atoms with Crippen LogP contribution in [0.25, 0.3) is 0 Å². The third-order valence-electron chi connectivity index (χ3n) is 4.20. The number of hydrogen-bond donors (Lipinski definition) is 2. The first-order chi connectivity index (χ1) is 9.16. The lowest BCUT2D eigenvalue weighted by atomic mass is 9.78. The maximum absolute atomic E-state index is 11.9. The van der Waals surface area contributed by atoms with E-state index in [0.29, 0.717) is 24.4 Å². The van der Waals surface area contributed by atoms with Gasteiger partial charge in [0.15, 0.2) is 0 Å². The molecule has 1 fully saturated rings. The van der Waals surface area contributed by atoms with Gasteiger partial charge in [0.2, 0.25) is 0 Å². The van der Waals surface area contributed by atoms with Crippen molar-refractivity contribution in [2.75, 3.05) is 0 Å². The van der Waals surface area contributed by atoms with Gasteiger partial charge < -0.3 is 10.6 Å². The average molecular weight is 261 g/mol. The van der Waals surface area contributed by atoms with Crippen LogP contribution in [0.15, 0.2) is 24.5 Å². The van der Waals surface area contributed by atoms with Crippen molar-refractivity contribution in [1.29, 1.82) is 0 Å². The highest BCUT2D eigenvalue weighted by Crippen LogP contribution is 2.29. The van der Waals surface area contributed by atoms with Crippen molar-refractivity contribution in [2.45, 2.75) is 45.7 Å². The van der Waals surface area contributed by atoms with Gasteiger partial charge in [-0.3, -0.25) is 4.98 Å². The number of amides is 2. The maximum Gasteiger partial charge on any atom is 0.315 e. The monoisotopic (exact) mass is 261 g/mol. The van der Waals surface area contributed by atoms with Crippen molar-refractivity contribution in [3.8, 4) is 0 Å². The number of nitrogens with zero attached hydrogens (tertiary/aromatic N) is 1. The summed E-state index contributed by atoms with van der Waals surface area (Å²) in [5.41, 5.74) is 1.02. The number of urea groups is 1. The Morgan fingerprint density at radius 2 is 2.26 bits per heavy atom. The molecule has 2 amide bonds. The van der Waals surface area contributed by atoms with Crippen molar-refractivity contribution < 1.29 is 4.79 Å². The molecule has 0 bridgehead atoms. The van der Waals surface area contributed by atoms with E-state index in [1.165, 1.54) is 12.8 Å². The SMILES string of the molecule is CC1CCCC(NC(=O)NCc2cccnc2)C1C. The van der Waals surface area contributed by atoms with Crippen molar-refractivity contribution in [3.05, 3.63) is 30.1 Å². The van der Waals surface area contributed by atoms with Gasteiger partial charge in [0.25, 0.3) is 0 Å². The van der Waals surface area contributed by atoms with Gasteiger partial charge in [-0.2, -0.15) is 0 Å². The van der Waals surface area contributed by atoms with E-state index in [1.54, 1.807) is 12.4 Å². The Labute approximate surface area is 115 Å². The molecule has 0 aliphatic heterocycles. The Balaban J connectivity index is 1.78. The van der Waals surface area contributed by atoms with Crippen LogP contribution in [-0.2, 0) is 6.54 Å². The molecule has 104 valence electrons. The van der Waals surface area contributed by atoms with Crippen molar-refractivity contribution >= 4 is 6.03 Å². The van der Waals surface area contributed by atoms with E-state index in [2.05, 4.69) is 29.5 Å². The fourth-order valence-corrected chi connectivity index (χ4v) is 2.69. The molecule has 2 rings (SSSR count). The van der Waals surface area contributed by atoms with E-state index in [9.17, 15) is 4.79 Å². The molecular formula is C15H23N3O. The number of carbonyl (C=O) groups excluding carboxylic acids is 1. The number of nitrogens with one attached hydrogen (secondary N) is 2. The summed E-state index contributed by atoms with van der Waals surface area (Å²) >= 11 is 0. The van der Waals surface area contributed by atoms with Gasteiger partial charge in [0.1, 0.15) is 0 Å². The Morgan fingerprint density at radius 3 is 3.00 bits per heavy atom. The molecule has 0 saturated heterocycles. The Bertz CT molecular complexity index is 407. The minimum Gasteiger partial charge on any atom is -0.335 e. The first kappa shape index (κ1) is 13.8. The summed E-state index contributed by atoms with van der Waals surface area (Å²) in [7, 11) is 0. The molecule has 1 aliphatic carbocycles. The second-order valence-corrected chi connectivity index (χ2v) is 5.56. The molecule has 1 heterocycles. The number of aromatic nitrogens is 1. The van der Waals surface area contributed by atoms with Crippen molar-refractivity contribution in [2.24, 2.45) is 11.8 Å². The smallest absolute Gasteiger partial charge is 0.315 e. The molecule has 4 heteroatoms. The zero-order valence-electron chi connectivity index (χ0n) is 11.7. The number of hydrogen-bond acceptors (Lipinski definition) is 2. The summed E-state index contributed by atoms with van der Waals surface area (Å²) < 4.78 is 0. The number of carbonyl (C=O) groups is 1. The summed E-state index contributed by atoms with van der Waals surface area (Å²) in [5, 5.41) is 5.99. The second kappa shape index (κ2) is 6.55. The lowest BCUT2D eigenvalue weighted by molar-refractivity contribution is 0.195. The highest BCUT2D eigenvalue weighted by atomic mass is 16.2. The number of pyridine rings is 1. The van der Waals surface area contributed by atoms with Crippen LogP contribution in [0.3, 0.4) is 0 Å². The van der Waals surface area contributed by atoms with Crippen LogP contribution in [0.2, 0.25) is 0 Å². The molecule has 1 aromatic rings.